The van der Waals surface area contributed by atoms with Gasteiger partial charge in [-0.2, -0.15) is 0 Å². The molecule has 2 aromatic rings. The second-order valence-corrected chi connectivity index (χ2v) is 6.91. The van der Waals surface area contributed by atoms with Crippen molar-refractivity contribution in [3.8, 4) is 5.69 Å². The summed E-state index contributed by atoms with van der Waals surface area (Å²) in [5.74, 6) is -0.405. The molecule has 1 N–H and O–H groups in total. The molecule has 2 amide bonds. The highest BCUT2D eigenvalue weighted by Crippen LogP contribution is 2.53. The number of benzene rings is 1. The highest BCUT2D eigenvalue weighted by atomic mass is 16.2. The maximum absolute atomic E-state index is 12.3. The Morgan fingerprint density at radius 1 is 1.08 bits per heavy atom. The molecule has 0 radical (unpaired) electrons. The van der Waals surface area contributed by atoms with Crippen LogP contribution in [0.4, 0.5) is 0 Å². The van der Waals surface area contributed by atoms with Crippen LogP contribution in [0.15, 0.2) is 36.7 Å². The molecule has 2 aliphatic rings. The summed E-state index contributed by atoms with van der Waals surface area (Å²) in [6, 6.07) is 9.44. The first-order valence-corrected chi connectivity index (χ1v) is 8.68. The quantitative estimate of drug-likeness (QED) is 0.913. The second-order valence-electron chi connectivity index (χ2n) is 6.91. The number of nitrogens with zero attached hydrogens (tertiary/aromatic N) is 4. The van der Waals surface area contributed by atoms with Crippen LogP contribution in [0, 0.1) is 5.41 Å². The highest BCUT2D eigenvalue weighted by Gasteiger charge is 2.44. The molecular weight excluding hydrogens is 318 g/mol. The van der Waals surface area contributed by atoms with Crippen molar-refractivity contribution in [3.63, 3.8) is 0 Å². The normalized spacial score (nSPS) is 18.2. The van der Waals surface area contributed by atoms with Gasteiger partial charge < -0.3 is 10.2 Å². The number of carbonyl (C=O) groups is 2. The summed E-state index contributed by atoms with van der Waals surface area (Å²) in [7, 11) is 0. The van der Waals surface area contributed by atoms with Crippen molar-refractivity contribution in [1.29, 1.82) is 0 Å². The lowest BCUT2D eigenvalue weighted by Crippen LogP contribution is -2.44. The van der Waals surface area contributed by atoms with Gasteiger partial charge in [-0.3, -0.25) is 9.59 Å². The molecule has 1 saturated heterocycles. The molecular formula is C18H21N5O2. The molecule has 1 aliphatic carbocycles. The number of para-hydroxylation sites is 1. The van der Waals surface area contributed by atoms with Crippen molar-refractivity contribution >= 4 is 11.8 Å². The molecule has 0 bridgehead atoms. The molecule has 1 aliphatic heterocycles. The van der Waals surface area contributed by atoms with Crippen LogP contribution in [0.3, 0.4) is 0 Å². The molecule has 4 rings (SSSR count). The Kier molecular flexibility index (Phi) is 3.99. The third-order valence-electron chi connectivity index (χ3n) is 5.25. The van der Waals surface area contributed by atoms with Crippen molar-refractivity contribution in [1.82, 2.24) is 25.0 Å². The van der Waals surface area contributed by atoms with Crippen LogP contribution < -0.4 is 5.32 Å². The van der Waals surface area contributed by atoms with Gasteiger partial charge in [0.1, 0.15) is 6.33 Å². The highest BCUT2D eigenvalue weighted by molar-refractivity contribution is 5.93. The van der Waals surface area contributed by atoms with Crippen LogP contribution in [-0.4, -0.2) is 51.1 Å². The minimum absolute atomic E-state index is 0.00822. The van der Waals surface area contributed by atoms with Gasteiger partial charge in [-0.15, -0.1) is 5.10 Å². The van der Waals surface area contributed by atoms with E-state index in [9.17, 15) is 9.59 Å². The maximum Gasteiger partial charge on any atom is 0.291 e. The van der Waals surface area contributed by atoms with Crippen LogP contribution in [0.2, 0.25) is 0 Å². The Morgan fingerprint density at radius 3 is 2.48 bits per heavy atom. The number of amides is 2. The molecule has 1 aromatic carbocycles. The van der Waals surface area contributed by atoms with Crippen LogP contribution in [-0.2, 0) is 4.79 Å². The smallest absolute Gasteiger partial charge is 0.291 e. The van der Waals surface area contributed by atoms with Crippen molar-refractivity contribution in [2.24, 2.45) is 5.41 Å². The zero-order chi connectivity index (χ0) is 17.3. The summed E-state index contributed by atoms with van der Waals surface area (Å²) in [5, 5.41) is 6.80. The van der Waals surface area contributed by atoms with Crippen LogP contribution >= 0.6 is 0 Å². The number of aromatic nitrogens is 3. The van der Waals surface area contributed by atoms with E-state index in [1.54, 1.807) is 0 Å². The lowest BCUT2D eigenvalue weighted by atomic mass is 9.94. The minimum Gasteiger partial charge on any atom is -0.341 e. The van der Waals surface area contributed by atoms with E-state index in [2.05, 4.69) is 15.4 Å². The summed E-state index contributed by atoms with van der Waals surface area (Å²) in [4.78, 5) is 30.3. The summed E-state index contributed by atoms with van der Waals surface area (Å²) in [6.07, 6.45) is 6.29. The molecule has 0 unspecified atom stereocenters. The van der Waals surface area contributed by atoms with Gasteiger partial charge in [-0.25, -0.2) is 9.67 Å². The first-order chi connectivity index (χ1) is 12.2. The number of hydrogen-bond acceptors (Lipinski definition) is 4. The molecule has 2 fully saturated rings. The minimum atomic E-state index is -0.432. The van der Waals surface area contributed by atoms with Gasteiger partial charge >= 0.3 is 0 Å². The van der Waals surface area contributed by atoms with Gasteiger partial charge in [0.25, 0.3) is 5.91 Å². The molecule has 1 aromatic heterocycles. The van der Waals surface area contributed by atoms with Crippen molar-refractivity contribution < 1.29 is 9.59 Å². The van der Waals surface area contributed by atoms with Crippen LogP contribution in [0.5, 0.6) is 0 Å². The fourth-order valence-corrected chi connectivity index (χ4v) is 3.33. The van der Waals surface area contributed by atoms with Gasteiger partial charge in [0.15, 0.2) is 0 Å². The van der Waals surface area contributed by atoms with E-state index in [-0.39, 0.29) is 18.3 Å². The SMILES string of the molecule is O=C(NCC(=O)N1CCC2(CC1)CC2)c1ncn(-c2ccccc2)n1. The fourth-order valence-electron chi connectivity index (χ4n) is 3.33. The van der Waals surface area contributed by atoms with Crippen molar-refractivity contribution in [3.05, 3.63) is 42.5 Å². The van der Waals surface area contributed by atoms with E-state index >= 15 is 0 Å². The Hall–Kier alpha value is -2.70. The third kappa shape index (κ3) is 3.40. The van der Waals surface area contributed by atoms with Gasteiger partial charge in [0, 0.05) is 13.1 Å². The standard InChI is InChI=1S/C18H21N5O2/c24-15(22-10-8-18(6-7-18)9-11-22)12-19-17(25)16-20-13-23(21-16)14-4-2-1-3-5-14/h1-5,13H,6-12H2,(H,19,25). The predicted octanol–water partition coefficient (Wildman–Crippen LogP) is 1.40. The molecule has 2 heterocycles. The Morgan fingerprint density at radius 2 is 1.80 bits per heavy atom. The first kappa shape index (κ1) is 15.8. The zero-order valence-corrected chi connectivity index (χ0v) is 14.0. The average Bonchev–Trinajstić information content (AvgIpc) is 3.22. The number of nitrogens with one attached hydrogen (secondary N) is 1. The largest absolute Gasteiger partial charge is 0.341 e. The molecule has 1 saturated carbocycles. The molecule has 7 nitrogen and oxygen atoms in total. The van der Waals surface area contributed by atoms with Crippen molar-refractivity contribution in [2.75, 3.05) is 19.6 Å². The number of likely N-dealkylation sites (tertiary alicyclic amines) is 1. The molecule has 7 heteroatoms. The molecule has 130 valence electrons. The first-order valence-electron chi connectivity index (χ1n) is 8.68. The molecule has 25 heavy (non-hydrogen) atoms. The third-order valence-corrected chi connectivity index (χ3v) is 5.25. The van der Waals surface area contributed by atoms with E-state index in [1.807, 2.05) is 35.2 Å². The summed E-state index contributed by atoms with van der Waals surface area (Å²) in [6.45, 7) is 1.59. The van der Waals surface area contributed by atoms with Crippen LogP contribution in [0.1, 0.15) is 36.3 Å². The predicted molar refractivity (Wildman–Crippen MR) is 91.2 cm³/mol. The average molecular weight is 339 g/mol. The zero-order valence-electron chi connectivity index (χ0n) is 14.0. The lowest BCUT2D eigenvalue weighted by Gasteiger charge is -2.32. The van der Waals surface area contributed by atoms with Gasteiger partial charge in [0.2, 0.25) is 11.7 Å². The van der Waals surface area contributed by atoms with Crippen LogP contribution in [0.25, 0.3) is 5.69 Å². The Balaban J connectivity index is 1.30. The summed E-state index contributed by atoms with van der Waals surface area (Å²) < 4.78 is 1.54. The van der Waals surface area contributed by atoms with Crippen molar-refractivity contribution in [2.45, 2.75) is 25.7 Å². The summed E-state index contributed by atoms with van der Waals surface area (Å²) >= 11 is 0. The number of carbonyl (C=O) groups excluding carboxylic acids is 2. The molecule has 1 spiro atoms. The van der Waals surface area contributed by atoms with E-state index in [0.717, 1.165) is 31.6 Å². The second kappa shape index (κ2) is 6.31. The monoisotopic (exact) mass is 339 g/mol. The topological polar surface area (TPSA) is 80.1 Å². The molecule has 0 atom stereocenters. The number of hydrogen-bond donors (Lipinski definition) is 1. The van der Waals surface area contributed by atoms with Gasteiger partial charge in [-0.05, 0) is 43.2 Å². The summed E-state index contributed by atoms with van der Waals surface area (Å²) in [5.41, 5.74) is 1.36. The number of rotatable bonds is 4. The lowest BCUT2D eigenvalue weighted by molar-refractivity contribution is -0.131. The van der Waals surface area contributed by atoms with E-state index in [0.29, 0.717) is 5.41 Å². The number of piperidine rings is 1. The Labute approximate surface area is 146 Å². The Bertz CT molecular complexity index is 772. The maximum atomic E-state index is 12.3. The fraction of sp³-hybridized carbons (Fsp3) is 0.444. The van der Waals surface area contributed by atoms with Gasteiger partial charge in [0.05, 0.1) is 12.2 Å². The van der Waals surface area contributed by atoms with E-state index < -0.39 is 5.91 Å². The van der Waals surface area contributed by atoms with E-state index in [4.69, 9.17) is 0 Å². The van der Waals surface area contributed by atoms with E-state index in [1.165, 1.54) is 23.9 Å². The van der Waals surface area contributed by atoms with Gasteiger partial charge in [-0.1, -0.05) is 18.2 Å².